The van der Waals surface area contributed by atoms with E-state index in [2.05, 4.69) is 0 Å². The Hall–Kier alpha value is -4.09. The summed E-state index contributed by atoms with van der Waals surface area (Å²) < 4.78 is 13.0. The van der Waals surface area contributed by atoms with E-state index in [4.69, 9.17) is 9.47 Å². The normalized spacial score (nSPS) is 16.7. The van der Waals surface area contributed by atoms with Gasteiger partial charge in [0.15, 0.2) is 0 Å². The number of anilines is 1. The second kappa shape index (κ2) is 11.6. The fourth-order valence-electron chi connectivity index (χ4n) is 4.99. The standard InChI is InChI=1S/C29H30N4O6S/c1-19-5-4-6-24(15-19)39-14-11-31-28(34)27(40-29(31)35)17-22-16-20(2)32(21(22)3)23-7-8-25(26(18-23)33(36)37)30-9-12-38-13-10-30/h4-8,15-18H,9-14H2,1-3H3/b27-17-. The van der Waals surface area contributed by atoms with Crippen molar-refractivity contribution in [3.05, 3.63) is 86.1 Å². The van der Waals surface area contributed by atoms with Crippen LogP contribution in [-0.4, -0.2) is 65.0 Å². The number of nitro groups is 1. The minimum atomic E-state index is -0.363. The van der Waals surface area contributed by atoms with Gasteiger partial charge in [0.1, 0.15) is 18.0 Å². The molecular formula is C29H30N4O6S. The molecule has 1 aromatic heterocycles. The molecule has 2 amide bonds. The van der Waals surface area contributed by atoms with Gasteiger partial charge in [-0.1, -0.05) is 12.1 Å². The maximum atomic E-state index is 13.1. The third-order valence-corrected chi connectivity index (χ3v) is 7.88. The minimum Gasteiger partial charge on any atom is -0.492 e. The SMILES string of the molecule is Cc1cccc(OCCN2C(=O)S/C(=C\c3cc(C)n(-c4ccc(N5CCOCC5)c([N+](=O)[O-])c4)c3C)C2=O)c1. The number of rotatable bonds is 8. The molecule has 0 spiro atoms. The highest BCUT2D eigenvalue weighted by molar-refractivity contribution is 8.18. The van der Waals surface area contributed by atoms with Gasteiger partial charge >= 0.3 is 0 Å². The molecule has 3 heterocycles. The third kappa shape index (κ3) is 5.61. The van der Waals surface area contributed by atoms with E-state index >= 15 is 0 Å². The lowest BCUT2D eigenvalue weighted by Gasteiger charge is -2.28. The third-order valence-electron chi connectivity index (χ3n) is 6.97. The lowest BCUT2D eigenvalue weighted by molar-refractivity contribution is -0.384. The first-order valence-electron chi connectivity index (χ1n) is 13.0. The smallest absolute Gasteiger partial charge is 0.294 e. The predicted octanol–water partition coefficient (Wildman–Crippen LogP) is 5.26. The molecule has 2 aromatic carbocycles. The van der Waals surface area contributed by atoms with Crippen LogP contribution in [0.2, 0.25) is 0 Å². The number of carbonyl (C=O) groups is 2. The number of hydrogen-bond donors (Lipinski definition) is 0. The second-order valence-corrected chi connectivity index (χ2v) is 10.7. The van der Waals surface area contributed by atoms with Crippen LogP contribution >= 0.6 is 11.8 Å². The monoisotopic (exact) mass is 562 g/mol. The lowest BCUT2D eigenvalue weighted by atomic mass is 10.2. The van der Waals surface area contributed by atoms with Crippen molar-refractivity contribution < 1.29 is 24.0 Å². The Bertz CT molecular complexity index is 1510. The number of nitro benzene ring substituents is 1. The molecule has 40 heavy (non-hydrogen) atoms. The average Bonchev–Trinajstić information content (AvgIpc) is 3.37. The molecule has 11 heteroatoms. The molecule has 0 unspecified atom stereocenters. The maximum Gasteiger partial charge on any atom is 0.294 e. The van der Waals surface area contributed by atoms with E-state index in [9.17, 15) is 19.7 Å². The predicted molar refractivity (Wildman–Crippen MR) is 154 cm³/mol. The van der Waals surface area contributed by atoms with Gasteiger partial charge in [-0.05, 0) is 80.1 Å². The van der Waals surface area contributed by atoms with Crippen molar-refractivity contribution in [2.75, 3.05) is 44.4 Å². The van der Waals surface area contributed by atoms with Crippen molar-refractivity contribution in [2.24, 2.45) is 0 Å². The number of benzene rings is 2. The topological polar surface area (TPSA) is 107 Å². The van der Waals surface area contributed by atoms with E-state index in [-0.39, 0.29) is 34.9 Å². The Morgan fingerprint density at radius 1 is 1.07 bits per heavy atom. The van der Waals surface area contributed by atoms with Gasteiger partial charge in [-0.15, -0.1) is 0 Å². The van der Waals surface area contributed by atoms with E-state index in [0.717, 1.165) is 34.3 Å². The van der Waals surface area contributed by atoms with Crippen LogP contribution in [-0.2, 0) is 9.53 Å². The van der Waals surface area contributed by atoms with Gasteiger partial charge in [0.2, 0.25) is 0 Å². The molecule has 0 atom stereocenters. The Balaban J connectivity index is 1.35. The zero-order valence-corrected chi connectivity index (χ0v) is 23.4. The average molecular weight is 563 g/mol. The molecule has 10 nitrogen and oxygen atoms in total. The number of aromatic nitrogens is 1. The molecule has 2 saturated heterocycles. The fourth-order valence-corrected chi connectivity index (χ4v) is 5.85. The first-order valence-corrected chi connectivity index (χ1v) is 13.8. The highest BCUT2D eigenvalue weighted by Gasteiger charge is 2.35. The lowest BCUT2D eigenvalue weighted by Crippen LogP contribution is -2.36. The summed E-state index contributed by atoms with van der Waals surface area (Å²) in [6.45, 7) is 8.36. The first kappa shape index (κ1) is 27.5. The van der Waals surface area contributed by atoms with Crippen LogP contribution in [0.15, 0.2) is 53.4 Å². The number of amides is 2. The molecule has 2 aliphatic heterocycles. The molecule has 208 valence electrons. The number of imide groups is 1. The number of hydrogen-bond acceptors (Lipinski definition) is 8. The Morgan fingerprint density at radius 2 is 1.85 bits per heavy atom. The van der Waals surface area contributed by atoms with Crippen LogP contribution in [0.5, 0.6) is 5.75 Å². The number of thioether (sulfide) groups is 1. The van der Waals surface area contributed by atoms with Crippen molar-refractivity contribution in [2.45, 2.75) is 20.8 Å². The van der Waals surface area contributed by atoms with Gasteiger partial charge in [0.05, 0.1) is 35.3 Å². The Labute approximate surface area is 236 Å². The summed E-state index contributed by atoms with van der Waals surface area (Å²) in [5, 5.41) is 11.6. The molecule has 0 aliphatic carbocycles. The molecule has 0 saturated carbocycles. The van der Waals surface area contributed by atoms with Crippen LogP contribution in [0.25, 0.3) is 11.8 Å². The van der Waals surface area contributed by atoms with Crippen molar-refractivity contribution in [3.8, 4) is 11.4 Å². The Morgan fingerprint density at radius 3 is 2.58 bits per heavy atom. The van der Waals surface area contributed by atoms with Crippen molar-refractivity contribution >= 4 is 40.4 Å². The van der Waals surface area contributed by atoms with E-state index in [1.54, 1.807) is 18.2 Å². The highest BCUT2D eigenvalue weighted by Crippen LogP contribution is 2.35. The summed E-state index contributed by atoms with van der Waals surface area (Å²) in [5.74, 6) is 0.325. The number of ether oxygens (including phenoxy) is 2. The summed E-state index contributed by atoms with van der Waals surface area (Å²) in [5.41, 5.74) is 4.73. The van der Waals surface area contributed by atoms with Crippen LogP contribution < -0.4 is 9.64 Å². The van der Waals surface area contributed by atoms with Gasteiger partial charge in [0, 0.05) is 30.5 Å². The second-order valence-electron chi connectivity index (χ2n) is 9.69. The van der Waals surface area contributed by atoms with Crippen molar-refractivity contribution in [3.63, 3.8) is 0 Å². The molecule has 0 bridgehead atoms. The molecule has 5 rings (SSSR count). The van der Waals surface area contributed by atoms with Crippen LogP contribution in [0, 0.1) is 30.9 Å². The van der Waals surface area contributed by atoms with Crippen LogP contribution in [0.1, 0.15) is 22.5 Å². The van der Waals surface area contributed by atoms with E-state index in [1.807, 2.05) is 66.6 Å². The first-order chi connectivity index (χ1) is 19.2. The largest absolute Gasteiger partial charge is 0.492 e. The Kier molecular flexibility index (Phi) is 7.95. The number of nitrogens with zero attached hydrogens (tertiary/aromatic N) is 4. The zero-order valence-electron chi connectivity index (χ0n) is 22.6. The summed E-state index contributed by atoms with van der Waals surface area (Å²) in [6.07, 6.45) is 1.71. The van der Waals surface area contributed by atoms with Crippen LogP contribution in [0.3, 0.4) is 0 Å². The zero-order chi connectivity index (χ0) is 28.4. The summed E-state index contributed by atoms with van der Waals surface area (Å²) >= 11 is 0.898. The van der Waals surface area contributed by atoms with Gasteiger partial charge in [-0.25, -0.2) is 0 Å². The minimum absolute atomic E-state index is 0.0300. The molecular weight excluding hydrogens is 532 g/mol. The van der Waals surface area contributed by atoms with E-state index < -0.39 is 0 Å². The number of aryl methyl sites for hydroxylation is 2. The highest BCUT2D eigenvalue weighted by atomic mass is 32.2. The summed E-state index contributed by atoms with van der Waals surface area (Å²) in [6, 6.07) is 14.7. The quantitative estimate of drug-likeness (QED) is 0.208. The molecule has 0 N–H and O–H groups in total. The maximum absolute atomic E-state index is 13.1. The van der Waals surface area contributed by atoms with Gasteiger partial charge < -0.3 is 18.9 Å². The van der Waals surface area contributed by atoms with E-state index in [0.29, 0.717) is 48.3 Å². The summed E-state index contributed by atoms with van der Waals surface area (Å²) in [7, 11) is 0. The molecule has 2 fully saturated rings. The molecule has 0 radical (unpaired) electrons. The summed E-state index contributed by atoms with van der Waals surface area (Å²) in [4.78, 5) is 40.8. The van der Waals surface area contributed by atoms with Gasteiger partial charge in [-0.2, -0.15) is 0 Å². The number of morpholine rings is 1. The van der Waals surface area contributed by atoms with Gasteiger partial charge in [-0.3, -0.25) is 24.6 Å². The van der Waals surface area contributed by atoms with Crippen LogP contribution in [0.4, 0.5) is 16.2 Å². The van der Waals surface area contributed by atoms with Crippen molar-refractivity contribution in [1.29, 1.82) is 0 Å². The number of carbonyl (C=O) groups excluding carboxylic acids is 2. The molecule has 2 aliphatic rings. The van der Waals surface area contributed by atoms with Crippen molar-refractivity contribution in [1.82, 2.24) is 9.47 Å². The molecule has 3 aromatic rings. The van der Waals surface area contributed by atoms with Gasteiger partial charge in [0.25, 0.3) is 16.8 Å². The fraction of sp³-hybridized carbons (Fsp3) is 0.310. The van der Waals surface area contributed by atoms with E-state index in [1.165, 1.54) is 4.90 Å².